The summed E-state index contributed by atoms with van der Waals surface area (Å²) >= 11 is 0. The largest absolute Gasteiger partial charge is 0.445 e. The second-order valence-corrected chi connectivity index (χ2v) is 8.13. The van der Waals surface area contributed by atoms with Gasteiger partial charge in [-0.1, -0.05) is 30.3 Å². The molecule has 1 aliphatic carbocycles. The molecule has 0 spiro atoms. The number of hydrogen-bond donors (Lipinski definition) is 2. The van der Waals surface area contributed by atoms with Crippen molar-refractivity contribution in [3.63, 3.8) is 0 Å². The van der Waals surface area contributed by atoms with Gasteiger partial charge >= 0.3 is 6.09 Å². The smallest absolute Gasteiger partial charge is 0.410 e. The lowest BCUT2D eigenvalue weighted by molar-refractivity contribution is -0.140. The normalized spacial score (nSPS) is 24.6. The third-order valence-corrected chi connectivity index (χ3v) is 6.22. The van der Waals surface area contributed by atoms with Gasteiger partial charge in [-0.15, -0.1) is 0 Å². The number of nitrogens with one attached hydrogen (secondary N) is 1. The number of carbonyl (C=O) groups is 4. The first-order valence-corrected chi connectivity index (χ1v) is 10.3. The topological polar surface area (TPSA) is 122 Å². The number of rotatable bonds is 6. The van der Waals surface area contributed by atoms with E-state index in [1.807, 2.05) is 30.3 Å². The molecule has 3 fully saturated rings. The zero-order valence-corrected chi connectivity index (χ0v) is 16.7. The molecule has 0 radical (unpaired) electrons. The summed E-state index contributed by atoms with van der Waals surface area (Å²) in [4.78, 5) is 52.7. The van der Waals surface area contributed by atoms with Crippen LogP contribution in [-0.4, -0.2) is 64.3 Å². The predicted octanol–water partition coefficient (Wildman–Crippen LogP) is 0.523. The average molecular weight is 414 g/mol. The van der Waals surface area contributed by atoms with Crippen LogP contribution in [0, 0.1) is 0 Å². The molecule has 160 valence electrons. The molecule has 2 aliphatic heterocycles. The molecule has 2 heterocycles. The minimum Gasteiger partial charge on any atom is -0.445 e. The highest BCUT2D eigenvalue weighted by molar-refractivity contribution is 5.97. The van der Waals surface area contributed by atoms with Crippen LogP contribution in [0.2, 0.25) is 0 Å². The van der Waals surface area contributed by atoms with E-state index in [2.05, 4.69) is 5.32 Å². The zero-order chi connectivity index (χ0) is 21.3. The van der Waals surface area contributed by atoms with E-state index in [-0.39, 0.29) is 18.4 Å². The van der Waals surface area contributed by atoms with Gasteiger partial charge in [0.15, 0.2) is 0 Å². The van der Waals surface area contributed by atoms with Crippen LogP contribution in [0.5, 0.6) is 0 Å². The Morgan fingerprint density at radius 3 is 2.53 bits per heavy atom. The third kappa shape index (κ3) is 3.71. The Balaban J connectivity index is 1.33. The fourth-order valence-corrected chi connectivity index (χ4v) is 4.33. The van der Waals surface area contributed by atoms with Gasteiger partial charge in [-0.25, -0.2) is 4.79 Å². The SMILES string of the molecule is NC(=O)C1(N2CC[C@@H](NC(=O)[C@@H]3CCCN3C(=O)OCc3ccccc3)C2=O)CC1. The summed E-state index contributed by atoms with van der Waals surface area (Å²) in [6, 6.07) is 7.96. The van der Waals surface area contributed by atoms with Crippen molar-refractivity contribution in [1.29, 1.82) is 0 Å². The van der Waals surface area contributed by atoms with Gasteiger partial charge in [0.25, 0.3) is 0 Å². The fourth-order valence-electron chi connectivity index (χ4n) is 4.33. The number of benzene rings is 1. The summed E-state index contributed by atoms with van der Waals surface area (Å²) in [6.45, 7) is 0.956. The molecule has 9 nitrogen and oxygen atoms in total. The lowest BCUT2D eigenvalue weighted by Crippen LogP contribution is -2.53. The quantitative estimate of drug-likeness (QED) is 0.703. The van der Waals surface area contributed by atoms with E-state index in [1.165, 1.54) is 9.80 Å². The first-order valence-electron chi connectivity index (χ1n) is 10.3. The van der Waals surface area contributed by atoms with Crippen LogP contribution in [-0.2, 0) is 25.7 Å². The van der Waals surface area contributed by atoms with Gasteiger partial charge in [-0.2, -0.15) is 0 Å². The third-order valence-electron chi connectivity index (χ3n) is 6.22. The summed E-state index contributed by atoms with van der Waals surface area (Å²) in [5.74, 6) is -1.14. The first-order chi connectivity index (χ1) is 14.4. The molecule has 0 bridgehead atoms. The Bertz CT molecular complexity index is 854. The average Bonchev–Trinajstić information content (AvgIpc) is 3.25. The van der Waals surface area contributed by atoms with Crippen molar-refractivity contribution < 1.29 is 23.9 Å². The Kier molecular flexibility index (Phi) is 5.36. The number of likely N-dealkylation sites (tertiary alicyclic amines) is 2. The van der Waals surface area contributed by atoms with E-state index in [1.54, 1.807) is 0 Å². The van der Waals surface area contributed by atoms with E-state index >= 15 is 0 Å². The van der Waals surface area contributed by atoms with Gasteiger partial charge in [-0.3, -0.25) is 19.3 Å². The number of carbonyl (C=O) groups excluding carboxylic acids is 4. The fraction of sp³-hybridized carbons (Fsp3) is 0.524. The van der Waals surface area contributed by atoms with Crippen LogP contribution in [0.4, 0.5) is 4.79 Å². The van der Waals surface area contributed by atoms with Gasteiger partial charge in [0.1, 0.15) is 24.2 Å². The molecule has 2 saturated heterocycles. The zero-order valence-electron chi connectivity index (χ0n) is 16.7. The Morgan fingerprint density at radius 2 is 1.87 bits per heavy atom. The number of primary amides is 1. The summed E-state index contributed by atoms with van der Waals surface area (Å²) < 4.78 is 5.36. The standard InChI is InChI=1S/C21H26N4O5/c22-19(28)21(9-10-21)25-12-8-15(18(25)27)23-17(26)16-7-4-11-24(16)20(29)30-13-14-5-2-1-3-6-14/h1-3,5-6,15-16H,4,7-13H2,(H2,22,28)(H,23,26)/t15-,16+/m1/s1. The second kappa shape index (κ2) is 7.97. The van der Waals surface area contributed by atoms with Crippen molar-refractivity contribution >= 4 is 23.8 Å². The van der Waals surface area contributed by atoms with Crippen molar-refractivity contribution in [2.24, 2.45) is 5.73 Å². The molecule has 1 aromatic rings. The summed E-state index contributed by atoms with van der Waals surface area (Å²) in [5.41, 5.74) is 5.45. The summed E-state index contributed by atoms with van der Waals surface area (Å²) in [7, 11) is 0. The van der Waals surface area contributed by atoms with Gasteiger partial charge in [0.2, 0.25) is 17.7 Å². The monoisotopic (exact) mass is 414 g/mol. The maximum absolute atomic E-state index is 12.8. The molecule has 0 unspecified atom stereocenters. The van der Waals surface area contributed by atoms with Crippen LogP contribution >= 0.6 is 0 Å². The van der Waals surface area contributed by atoms with E-state index in [0.717, 1.165) is 5.56 Å². The minimum absolute atomic E-state index is 0.135. The minimum atomic E-state index is -0.878. The van der Waals surface area contributed by atoms with Crippen LogP contribution in [0.25, 0.3) is 0 Å². The van der Waals surface area contributed by atoms with Crippen molar-refractivity contribution in [2.75, 3.05) is 13.1 Å². The summed E-state index contributed by atoms with van der Waals surface area (Å²) in [6.07, 6.45) is 2.22. The Hall–Kier alpha value is -3.10. The number of hydrogen-bond acceptors (Lipinski definition) is 5. The molecule has 0 aromatic heterocycles. The summed E-state index contributed by atoms with van der Waals surface area (Å²) in [5, 5.41) is 2.77. The van der Waals surface area contributed by atoms with Crippen molar-refractivity contribution in [3.05, 3.63) is 35.9 Å². The van der Waals surface area contributed by atoms with E-state index in [4.69, 9.17) is 10.5 Å². The van der Waals surface area contributed by atoms with E-state index in [0.29, 0.717) is 45.2 Å². The van der Waals surface area contributed by atoms with Crippen molar-refractivity contribution in [1.82, 2.24) is 15.1 Å². The molecular weight excluding hydrogens is 388 g/mol. The highest BCUT2D eigenvalue weighted by atomic mass is 16.6. The van der Waals surface area contributed by atoms with E-state index < -0.39 is 29.6 Å². The molecule has 3 aliphatic rings. The molecule has 4 amide bonds. The Labute approximate surface area is 174 Å². The van der Waals surface area contributed by atoms with Crippen molar-refractivity contribution in [3.8, 4) is 0 Å². The predicted molar refractivity (Wildman–Crippen MR) is 106 cm³/mol. The first kappa shape index (κ1) is 20.2. The number of nitrogens with two attached hydrogens (primary N) is 1. The molecule has 30 heavy (non-hydrogen) atoms. The maximum atomic E-state index is 12.8. The lowest BCUT2D eigenvalue weighted by atomic mass is 10.1. The molecule has 9 heteroatoms. The molecule has 3 N–H and O–H groups in total. The van der Waals surface area contributed by atoms with E-state index in [9.17, 15) is 19.2 Å². The molecule has 4 rings (SSSR count). The molecular formula is C21H26N4O5. The Morgan fingerprint density at radius 1 is 1.13 bits per heavy atom. The number of amides is 4. The number of nitrogens with zero attached hydrogens (tertiary/aromatic N) is 2. The van der Waals surface area contributed by atoms with Gasteiger partial charge in [0, 0.05) is 13.1 Å². The highest BCUT2D eigenvalue weighted by Crippen LogP contribution is 2.43. The van der Waals surface area contributed by atoms with Crippen LogP contribution in [0.15, 0.2) is 30.3 Å². The molecule has 1 aromatic carbocycles. The second-order valence-electron chi connectivity index (χ2n) is 8.13. The van der Waals surface area contributed by atoms with Crippen LogP contribution in [0.1, 0.15) is 37.7 Å². The molecule has 1 saturated carbocycles. The van der Waals surface area contributed by atoms with Gasteiger partial charge in [0.05, 0.1) is 0 Å². The van der Waals surface area contributed by atoms with Gasteiger partial charge in [-0.05, 0) is 37.7 Å². The van der Waals surface area contributed by atoms with Gasteiger partial charge < -0.3 is 20.7 Å². The van der Waals surface area contributed by atoms with Crippen molar-refractivity contribution in [2.45, 2.75) is 56.3 Å². The van der Waals surface area contributed by atoms with Crippen LogP contribution in [0.3, 0.4) is 0 Å². The number of ether oxygens (including phenoxy) is 1. The van der Waals surface area contributed by atoms with Crippen LogP contribution < -0.4 is 11.1 Å². The lowest BCUT2D eigenvalue weighted by Gasteiger charge is -2.26. The maximum Gasteiger partial charge on any atom is 0.410 e. The highest BCUT2D eigenvalue weighted by Gasteiger charge is 2.58. The molecule has 2 atom stereocenters.